The molecule has 0 saturated heterocycles. The van der Waals surface area contributed by atoms with Gasteiger partial charge in [-0.25, -0.2) is 4.39 Å². The molecule has 2 N–H and O–H groups in total. The number of halogens is 1. The third-order valence-electron chi connectivity index (χ3n) is 4.16. The number of ether oxygens (including phenoxy) is 1. The van der Waals surface area contributed by atoms with Crippen LogP contribution < -0.4 is 10.1 Å². The Morgan fingerprint density at radius 2 is 1.89 bits per heavy atom. The number of para-hydroxylation sites is 1. The Hall–Kier alpha value is -3.15. The maximum Gasteiger partial charge on any atom is 0.255 e. The minimum Gasteiger partial charge on any atom is -0.496 e. The highest BCUT2D eigenvalue weighted by Gasteiger charge is 2.21. The SMILES string of the molecule is COc1ccccc1-c1n[nH]c(CC(C)C)c1NC(=O)c1ccc(F)cc1. The normalized spacial score (nSPS) is 10.9. The summed E-state index contributed by atoms with van der Waals surface area (Å²) in [5, 5.41) is 10.4. The first kappa shape index (κ1) is 18.6. The van der Waals surface area contributed by atoms with Gasteiger partial charge in [0.05, 0.1) is 18.5 Å². The van der Waals surface area contributed by atoms with Crippen LogP contribution in [0.1, 0.15) is 29.9 Å². The van der Waals surface area contributed by atoms with Gasteiger partial charge in [0.25, 0.3) is 5.91 Å². The van der Waals surface area contributed by atoms with Crippen molar-refractivity contribution in [2.24, 2.45) is 5.92 Å². The van der Waals surface area contributed by atoms with Gasteiger partial charge in [0.15, 0.2) is 0 Å². The van der Waals surface area contributed by atoms with E-state index in [2.05, 4.69) is 29.4 Å². The van der Waals surface area contributed by atoms with Crippen LogP contribution in [-0.2, 0) is 6.42 Å². The van der Waals surface area contributed by atoms with Crippen LogP contribution in [0.15, 0.2) is 48.5 Å². The van der Waals surface area contributed by atoms with E-state index < -0.39 is 0 Å². The van der Waals surface area contributed by atoms with Gasteiger partial charge in [-0.2, -0.15) is 5.10 Å². The number of hydrogen-bond donors (Lipinski definition) is 2. The summed E-state index contributed by atoms with van der Waals surface area (Å²) in [5.74, 6) is 0.331. The second-order valence-corrected chi connectivity index (χ2v) is 6.69. The summed E-state index contributed by atoms with van der Waals surface area (Å²) < 4.78 is 18.6. The minimum atomic E-state index is -0.384. The maximum absolute atomic E-state index is 13.1. The fraction of sp³-hybridized carbons (Fsp3) is 0.238. The van der Waals surface area contributed by atoms with Crippen LogP contribution in [0.25, 0.3) is 11.3 Å². The molecule has 0 saturated carbocycles. The third-order valence-corrected chi connectivity index (χ3v) is 4.16. The van der Waals surface area contributed by atoms with Gasteiger partial charge in [-0.15, -0.1) is 0 Å². The molecule has 0 atom stereocenters. The molecule has 0 aliphatic rings. The summed E-state index contributed by atoms with van der Waals surface area (Å²) in [7, 11) is 1.59. The summed E-state index contributed by atoms with van der Waals surface area (Å²) in [5.41, 5.74) is 3.21. The number of nitrogens with zero attached hydrogens (tertiary/aromatic N) is 1. The van der Waals surface area contributed by atoms with Crippen LogP contribution in [0.5, 0.6) is 5.75 Å². The van der Waals surface area contributed by atoms with Crippen molar-refractivity contribution in [2.45, 2.75) is 20.3 Å². The number of benzene rings is 2. The van der Waals surface area contributed by atoms with E-state index in [0.29, 0.717) is 28.6 Å². The third kappa shape index (κ3) is 4.16. The van der Waals surface area contributed by atoms with E-state index in [-0.39, 0.29) is 11.7 Å². The molecule has 1 heterocycles. The summed E-state index contributed by atoms with van der Waals surface area (Å²) in [4.78, 5) is 12.7. The zero-order valence-electron chi connectivity index (χ0n) is 15.5. The van der Waals surface area contributed by atoms with Gasteiger partial charge in [0.2, 0.25) is 0 Å². The quantitative estimate of drug-likeness (QED) is 0.665. The molecule has 0 bridgehead atoms. The first-order valence-corrected chi connectivity index (χ1v) is 8.77. The van der Waals surface area contributed by atoms with Gasteiger partial charge in [0, 0.05) is 11.1 Å². The van der Waals surface area contributed by atoms with Crippen molar-refractivity contribution in [2.75, 3.05) is 12.4 Å². The number of anilines is 1. The second-order valence-electron chi connectivity index (χ2n) is 6.69. The summed E-state index contributed by atoms with van der Waals surface area (Å²) in [6.07, 6.45) is 0.723. The Kier molecular flexibility index (Phi) is 5.54. The van der Waals surface area contributed by atoms with E-state index in [1.807, 2.05) is 24.3 Å². The molecule has 0 spiro atoms. The van der Waals surface area contributed by atoms with Crippen molar-refractivity contribution in [1.29, 1.82) is 0 Å². The number of aromatic amines is 1. The molecular weight excluding hydrogens is 345 g/mol. The minimum absolute atomic E-state index is 0.322. The number of nitrogens with one attached hydrogen (secondary N) is 2. The van der Waals surface area contributed by atoms with Crippen LogP contribution >= 0.6 is 0 Å². The smallest absolute Gasteiger partial charge is 0.255 e. The zero-order valence-corrected chi connectivity index (χ0v) is 15.5. The van der Waals surface area contributed by atoms with Gasteiger partial charge < -0.3 is 10.1 Å². The van der Waals surface area contributed by atoms with E-state index >= 15 is 0 Å². The number of aromatic nitrogens is 2. The van der Waals surface area contributed by atoms with E-state index in [9.17, 15) is 9.18 Å². The number of H-pyrrole nitrogens is 1. The summed E-state index contributed by atoms with van der Waals surface area (Å²) in [6, 6.07) is 12.9. The van der Waals surface area contributed by atoms with Crippen LogP contribution in [0, 0.1) is 11.7 Å². The van der Waals surface area contributed by atoms with Gasteiger partial charge in [-0.1, -0.05) is 26.0 Å². The predicted octanol–water partition coefficient (Wildman–Crippen LogP) is 4.68. The maximum atomic E-state index is 13.1. The van der Waals surface area contributed by atoms with Crippen molar-refractivity contribution >= 4 is 11.6 Å². The Balaban J connectivity index is 2.02. The van der Waals surface area contributed by atoms with Gasteiger partial charge in [-0.05, 0) is 48.7 Å². The summed E-state index contributed by atoms with van der Waals surface area (Å²) >= 11 is 0. The lowest BCUT2D eigenvalue weighted by atomic mass is 10.0. The van der Waals surface area contributed by atoms with Crippen LogP contribution in [0.2, 0.25) is 0 Å². The lowest BCUT2D eigenvalue weighted by molar-refractivity contribution is 0.102. The topological polar surface area (TPSA) is 67.0 Å². The van der Waals surface area contributed by atoms with Crippen molar-refractivity contribution in [3.05, 3.63) is 65.6 Å². The van der Waals surface area contributed by atoms with Gasteiger partial charge in [-0.3, -0.25) is 9.89 Å². The van der Waals surface area contributed by atoms with Crippen LogP contribution in [-0.4, -0.2) is 23.2 Å². The molecule has 1 amide bonds. The Morgan fingerprint density at radius 3 is 2.56 bits per heavy atom. The van der Waals surface area contributed by atoms with E-state index in [1.165, 1.54) is 24.3 Å². The van der Waals surface area contributed by atoms with E-state index in [0.717, 1.165) is 17.7 Å². The molecule has 0 aliphatic heterocycles. The average molecular weight is 367 g/mol. The standard InChI is InChI=1S/C21H22FN3O2/c1-13(2)12-17-20(23-21(26)14-8-10-15(22)11-9-14)19(25-24-17)16-6-4-5-7-18(16)27-3/h4-11,13H,12H2,1-3H3,(H,23,26)(H,24,25). The highest BCUT2D eigenvalue weighted by molar-refractivity contribution is 6.06. The van der Waals surface area contributed by atoms with Crippen LogP contribution in [0.4, 0.5) is 10.1 Å². The number of carbonyl (C=O) groups is 1. The molecule has 27 heavy (non-hydrogen) atoms. The molecule has 5 nitrogen and oxygen atoms in total. The largest absolute Gasteiger partial charge is 0.496 e. The fourth-order valence-electron chi connectivity index (χ4n) is 2.89. The number of rotatable bonds is 6. The molecule has 140 valence electrons. The second kappa shape index (κ2) is 8.03. The van der Waals surface area contributed by atoms with Crippen molar-refractivity contribution < 1.29 is 13.9 Å². The Bertz CT molecular complexity index is 933. The number of amides is 1. The zero-order chi connectivity index (χ0) is 19.4. The fourth-order valence-corrected chi connectivity index (χ4v) is 2.89. The monoisotopic (exact) mass is 367 g/mol. The highest BCUT2D eigenvalue weighted by atomic mass is 19.1. The molecule has 1 aromatic heterocycles. The van der Waals surface area contributed by atoms with E-state index in [4.69, 9.17) is 4.74 Å². The highest BCUT2D eigenvalue weighted by Crippen LogP contribution is 2.36. The molecule has 0 fully saturated rings. The number of methoxy groups -OCH3 is 1. The van der Waals surface area contributed by atoms with E-state index in [1.54, 1.807) is 7.11 Å². The Labute approximate surface area is 157 Å². The number of carbonyl (C=O) groups excluding carboxylic acids is 1. The van der Waals surface area contributed by atoms with Crippen molar-refractivity contribution in [3.63, 3.8) is 0 Å². The molecule has 2 aromatic carbocycles. The van der Waals surface area contributed by atoms with Gasteiger partial charge in [0.1, 0.15) is 17.3 Å². The van der Waals surface area contributed by atoms with Crippen molar-refractivity contribution in [3.8, 4) is 17.0 Å². The van der Waals surface area contributed by atoms with Gasteiger partial charge >= 0.3 is 0 Å². The molecule has 3 rings (SSSR count). The molecule has 0 unspecified atom stereocenters. The van der Waals surface area contributed by atoms with Crippen LogP contribution in [0.3, 0.4) is 0 Å². The molecule has 0 radical (unpaired) electrons. The first-order valence-electron chi connectivity index (χ1n) is 8.77. The lowest BCUT2D eigenvalue weighted by Gasteiger charge is -2.12. The summed E-state index contributed by atoms with van der Waals surface area (Å²) in [6.45, 7) is 4.18. The average Bonchev–Trinajstić information content (AvgIpc) is 3.03. The molecule has 3 aromatic rings. The lowest BCUT2D eigenvalue weighted by Crippen LogP contribution is -2.14. The molecule has 0 aliphatic carbocycles. The predicted molar refractivity (Wildman–Crippen MR) is 103 cm³/mol. The number of hydrogen-bond acceptors (Lipinski definition) is 3. The Morgan fingerprint density at radius 1 is 1.19 bits per heavy atom. The molecule has 6 heteroatoms. The van der Waals surface area contributed by atoms with Crippen molar-refractivity contribution in [1.82, 2.24) is 10.2 Å². The molecular formula is C21H22FN3O2. The first-order chi connectivity index (χ1) is 13.0.